The van der Waals surface area contributed by atoms with E-state index in [9.17, 15) is 9.59 Å². The van der Waals surface area contributed by atoms with Crippen LogP contribution in [0.15, 0.2) is 24.3 Å². The van der Waals surface area contributed by atoms with E-state index in [0.717, 1.165) is 12.8 Å². The fourth-order valence-electron chi connectivity index (χ4n) is 2.84. The lowest BCUT2D eigenvalue weighted by molar-refractivity contribution is -0.118. The van der Waals surface area contributed by atoms with Crippen LogP contribution in [0.5, 0.6) is 0 Å². The number of nitrogens with two attached hydrogens (primary N) is 1. The van der Waals surface area contributed by atoms with Gasteiger partial charge in [0.05, 0.1) is 6.04 Å². The third-order valence-electron chi connectivity index (χ3n) is 4.17. The number of hydrogen-bond donors (Lipinski definition) is 3. The van der Waals surface area contributed by atoms with Gasteiger partial charge in [0.15, 0.2) is 0 Å². The van der Waals surface area contributed by atoms with Gasteiger partial charge in [-0.1, -0.05) is 25.7 Å². The minimum Gasteiger partial charge on any atom is -0.366 e. The van der Waals surface area contributed by atoms with E-state index >= 15 is 0 Å². The van der Waals surface area contributed by atoms with Gasteiger partial charge < -0.3 is 16.4 Å². The van der Waals surface area contributed by atoms with Crippen LogP contribution in [0.3, 0.4) is 0 Å². The SMILES string of the molecule is C[C@@H](NC1CCCCCC1)C(=O)Nc1ccc(C(N)=O)cc1. The summed E-state index contributed by atoms with van der Waals surface area (Å²) in [5, 5.41) is 6.28. The Morgan fingerprint density at radius 1 is 1.09 bits per heavy atom. The maximum Gasteiger partial charge on any atom is 0.248 e. The van der Waals surface area contributed by atoms with Crippen LogP contribution in [0.1, 0.15) is 55.8 Å². The molecule has 1 saturated carbocycles. The highest BCUT2D eigenvalue weighted by Gasteiger charge is 2.19. The van der Waals surface area contributed by atoms with E-state index in [-0.39, 0.29) is 11.9 Å². The molecule has 5 heteroatoms. The van der Waals surface area contributed by atoms with Crippen LogP contribution >= 0.6 is 0 Å². The number of nitrogens with one attached hydrogen (secondary N) is 2. The largest absolute Gasteiger partial charge is 0.366 e. The summed E-state index contributed by atoms with van der Waals surface area (Å²) in [4.78, 5) is 23.2. The van der Waals surface area contributed by atoms with E-state index < -0.39 is 5.91 Å². The topological polar surface area (TPSA) is 84.2 Å². The third-order valence-corrected chi connectivity index (χ3v) is 4.17. The minimum absolute atomic E-state index is 0.0592. The molecule has 1 aliphatic carbocycles. The Bertz CT molecular complexity index is 505. The van der Waals surface area contributed by atoms with Crippen LogP contribution < -0.4 is 16.4 Å². The first kappa shape index (κ1) is 16.5. The average molecular weight is 303 g/mol. The second-order valence-corrected chi connectivity index (χ2v) is 6.01. The number of hydrogen-bond acceptors (Lipinski definition) is 3. The molecule has 0 aliphatic heterocycles. The van der Waals surface area contributed by atoms with Crippen LogP contribution in [-0.2, 0) is 4.79 Å². The lowest BCUT2D eigenvalue weighted by Crippen LogP contribution is -2.43. The predicted octanol–water partition coefficient (Wildman–Crippen LogP) is 2.42. The molecule has 1 fully saturated rings. The zero-order valence-electron chi connectivity index (χ0n) is 13.1. The van der Waals surface area contributed by atoms with Gasteiger partial charge in [0.1, 0.15) is 0 Å². The van der Waals surface area contributed by atoms with Crippen LogP contribution in [0, 0.1) is 0 Å². The second-order valence-electron chi connectivity index (χ2n) is 6.01. The molecule has 0 bridgehead atoms. The third kappa shape index (κ3) is 4.84. The lowest BCUT2D eigenvalue weighted by atomic mass is 10.1. The molecule has 1 aromatic carbocycles. The first-order valence-electron chi connectivity index (χ1n) is 8.03. The van der Waals surface area contributed by atoms with Crippen molar-refractivity contribution in [3.63, 3.8) is 0 Å². The first-order chi connectivity index (χ1) is 10.6. The van der Waals surface area contributed by atoms with Gasteiger partial charge in [0, 0.05) is 17.3 Å². The molecule has 2 rings (SSSR count). The summed E-state index contributed by atoms with van der Waals surface area (Å²) < 4.78 is 0. The number of amides is 2. The summed E-state index contributed by atoms with van der Waals surface area (Å²) in [5.41, 5.74) is 6.30. The number of benzene rings is 1. The molecule has 1 atom stereocenters. The Kier molecular flexibility index (Phi) is 5.95. The number of carbonyl (C=O) groups is 2. The van der Waals surface area contributed by atoms with Crippen LogP contribution in [0.25, 0.3) is 0 Å². The molecule has 5 nitrogen and oxygen atoms in total. The first-order valence-corrected chi connectivity index (χ1v) is 8.03. The Hall–Kier alpha value is -1.88. The quantitative estimate of drug-likeness (QED) is 0.730. The smallest absolute Gasteiger partial charge is 0.248 e. The zero-order valence-corrected chi connectivity index (χ0v) is 13.1. The molecule has 2 amide bonds. The maximum atomic E-state index is 12.2. The van der Waals surface area contributed by atoms with Gasteiger partial charge in [0.25, 0.3) is 0 Å². The van der Waals surface area contributed by atoms with Crippen molar-refractivity contribution in [3.05, 3.63) is 29.8 Å². The fraction of sp³-hybridized carbons (Fsp3) is 0.529. The molecular formula is C17H25N3O2. The summed E-state index contributed by atoms with van der Waals surface area (Å²) in [6.45, 7) is 1.89. The van der Waals surface area contributed by atoms with Gasteiger partial charge in [-0.2, -0.15) is 0 Å². The monoisotopic (exact) mass is 303 g/mol. The molecule has 0 radical (unpaired) electrons. The molecule has 1 aromatic rings. The van der Waals surface area contributed by atoms with Gasteiger partial charge in [0.2, 0.25) is 11.8 Å². The van der Waals surface area contributed by atoms with Crippen LogP contribution in [0.2, 0.25) is 0 Å². The van der Waals surface area contributed by atoms with Crippen molar-refractivity contribution in [3.8, 4) is 0 Å². The lowest BCUT2D eigenvalue weighted by Gasteiger charge is -2.21. The van der Waals surface area contributed by atoms with Crippen molar-refractivity contribution in [1.82, 2.24) is 5.32 Å². The molecule has 1 aliphatic rings. The Labute approximate surface area is 131 Å². The van der Waals surface area contributed by atoms with Crippen LogP contribution in [0.4, 0.5) is 5.69 Å². The zero-order chi connectivity index (χ0) is 15.9. The molecule has 0 saturated heterocycles. The molecule has 0 unspecified atom stereocenters. The predicted molar refractivity (Wildman–Crippen MR) is 87.7 cm³/mol. The summed E-state index contributed by atoms with van der Waals surface area (Å²) in [7, 11) is 0. The summed E-state index contributed by atoms with van der Waals surface area (Å²) >= 11 is 0. The van der Waals surface area contributed by atoms with Crippen molar-refractivity contribution in [1.29, 1.82) is 0 Å². The standard InChI is InChI=1S/C17H25N3O2/c1-12(19-14-6-4-2-3-5-7-14)17(22)20-15-10-8-13(9-11-15)16(18)21/h8-12,14,19H,2-7H2,1H3,(H2,18,21)(H,20,22)/t12-/m1/s1. The van der Waals surface area contributed by atoms with Crippen molar-refractivity contribution in [2.45, 2.75) is 57.5 Å². The van der Waals surface area contributed by atoms with Crippen molar-refractivity contribution in [2.24, 2.45) is 5.73 Å². The van der Waals surface area contributed by atoms with Gasteiger partial charge in [-0.25, -0.2) is 0 Å². The normalized spacial score (nSPS) is 17.5. The highest BCUT2D eigenvalue weighted by molar-refractivity contribution is 5.96. The van der Waals surface area contributed by atoms with Gasteiger partial charge in [-0.15, -0.1) is 0 Å². The van der Waals surface area contributed by atoms with E-state index in [0.29, 0.717) is 17.3 Å². The van der Waals surface area contributed by atoms with Crippen molar-refractivity contribution >= 4 is 17.5 Å². The molecule has 22 heavy (non-hydrogen) atoms. The molecule has 120 valence electrons. The maximum absolute atomic E-state index is 12.2. The van der Waals surface area contributed by atoms with Gasteiger partial charge >= 0.3 is 0 Å². The molecule has 0 aromatic heterocycles. The number of anilines is 1. The molecule has 4 N–H and O–H groups in total. The molecule has 0 spiro atoms. The molecular weight excluding hydrogens is 278 g/mol. The van der Waals surface area contributed by atoms with E-state index in [2.05, 4.69) is 10.6 Å². The van der Waals surface area contributed by atoms with E-state index in [1.54, 1.807) is 24.3 Å². The van der Waals surface area contributed by atoms with Gasteiger partial charge in [-0.3, -0.25) is 9.59 Å². The summed E-state index contributed by atoms with van der Waals surface area (Å²) in [5.74, 6) is -0.530. The van der Waals surface area contributed by atoms with Gasteiger partial charge in [-0.05, 0) is 44.0 Å². The fourth-order valence-corrected chi connectivity index (χ4v) is 2.84. The number of primary amides is 1. The Morgan fingerprint density at radius 2 is 1.68 bits per heavy atom. The van der Waals surface area contributed by atoms with Crippen LogP contribution in [-0.4, -0.2) is 23.9 Å². The summed E-state index contributed by atoms with van der Waals surface area (Å²) in [6.07, 6.45) is 7.35. The Balaban J connectivity index is 1.86. The minimum atomic E-state index is -0.471. The molecule has 0 heterocycles. The summed E-state index contributed by atoms with van der Waals surface area (Å²) in [6, 6.07) is 6.80. The van der Waals surface area contributed by atoms with E-state index in [1.165, 1.54) is 25.7 Å². The van der Waals surface area contributed by atoms with Crippen molar-refractivity contribution in [2.75, 3.05) is 5.32 Å². The Morgan fingerprint density at radius 3 is 2.23 bits per heavy atom. The highest BCUT2D eigenvalue weighted by Crippen LogP contribution is 2.18. The van der Waals surface area contributed by atoms with Crippen molar-refractivity contribution < 1.29 is 9.59 Å². The highest BCUT2D eigenvalue weighted by atomic mass is 16.2. The van der Waals surface area contributed by atoms with E-state index in [4.69, 9.17) is 5.73 Å². The number of carbonyl (C=O) groups excluding carboxylic acids is 2. The average Bonchev–Trinajstić information content (AvgIpc) is 2.76. The van der Waals surface area contributed by atoms with E-state index in [1.807, 2.05) is 6.92 Å². The second kappa shape index (κ2) is 7.94. The number of rotatable bonds is 5.